The van der Waals surface area contributed by atoms with E-state index in [0.717, 1.165) is 20.7 Å². The van der Waals surface area contributed by atoms with Gasteiger partial charge in [0.25, 0.3) is 0 Å². The molecule has 2 unspecified atom stereocenters. The summed E-state index contributed by atoms with van der Waals surface area (Å²) >= 11 is 5.08. The quantitative estimate of drug-likeness (QED) is 0.833. The number of hydrogen-bond acceptors (Lipinski definition) is 4. The highest BCUT2D eigenvalue weighted by molar-refractivity contribution is 9.10. The summed E-state index contributed by atoms with van der Waals surface area (Å²) in [4.78, 5) is 1.09. The fourth-order valence-electron chi connectivity index (χ4n) is 1.98. The molecule has 0 bridgehead atoms. The van der Waals surface area contributed by atoms with E-state index < -0.39 is 0 Å². The van der Waals surface area contributed by atoms with Crippen LogP contribution >= 0.6 is 27.3 Å². The Labute approximate surface area is 131 Å². The van der Waals surface area contributed by atoms with E-state index in [4.69, 9.17) is 15.6 Å². The van der Waals surface area contributed by atoms with Crippen LogP contribution in [0.15, 0.2) is 40.2 Å². The fourth-order valence-corrected chi connectivity index (χ4v) is 3.57. The van der Waals surface area contributed by atoms with Gasteiger partial charge in [0.2, 0.25) is 0 Å². The molecule has 0 saturated heterocycles. The molecule has 0 aliphatic carbocycles. The van der Waals surface area contributed by atoms with E-state index in [1.54, 1.807) is 11.3 Å². The normalized spacial score (nSPS) is 14.0. The number of aliphatic hydroxyl groups is 1. The van der Waals surface area contributed by atoms with Crippen molar-refractivity contribution in [3.05, 3.63) is 50.6 Å². The van der Waals surface area contributed by atoms with Gasteiger partial charge in [0.05, 0.1) is 0 Å². The average Bonchev–Trinajstić information content (AvgIpc) is 2.84. The maximum Gasteiger partial charge on any atom is 0.148 e. The number of ether oxygens (including phenoxy) is 1. The largest absolute Gasteiger partial charge is 0.483 e. The van der Waals surface area contributed by atoms with Crippen LogP contribution in [0.2, 0.25) is 0 Å². The zero-order valence-corrected chi connectivity index (χ0v) is 13.7. The standard InChI is InChI=1S/C15H18BrNO2S/c1-10(17)15(14-8-12(16)9-20-14)19-13-5-3-2-4-11(13)6-7-18/h2-5,8-10,15,18H,6-7,17H2,1H3. The molecule has 2 atom stereocenters. The SMILES string of the molecule is CC(N)C(Oc1ccccc1CCO)c1cc(Br)cs1. The molecule has 0 spiro atoms. The van der Waals surface area contributed by atoms with Crippen molar-refractivity contribution in [2.24, 2.45) is 5.73 Å². The van der Waals surface area contributed by atoms with Crippen molar-refractivity contribution in [2.75, 3.05) is 6.61 Å². The minimum atomic E-state index is -0.189. The van der Waals surface area contributed by atoms with Gasteiger partial charge in [0.1, 0.15) is 11.9 Å². The summed E-state index contributed by atoms with van der Waals surface area (Å²) in [6, 6.07) is 9.67. The minimum absolute atomic E-state index is 0.105. The highest BCUT2D eigenvalue weighted by Crippen LogP contribution is 2.32. The van der Waals surface area contributed by atoms with Crippen molar-refractivity contribution in [2.45, 2.75) is 25.5 Å². The zero-order valence-electron chi connectivity index (χ0n) is 11.3. The van der Waals surface area contributed by atoms with Crippen LogP contribution < -0.4 is 10.5 Å². The van der Waals surface area contributed by atoms with Gasteiger partial charge in [-0.1, -0.05) is 18.2 Å². The maximum atomic E-state index is 9.12. The Hall–Kier alpha value is -0.880. The molecule has 1 aromatic heterocycles. The lowest BCUT2D eigenvalue weighted by atomic mass is 10.1. The molecule has 0 aliphatic heterocycles. The molecule has 0 radical (unpaired) electrons. The Balaban J connectivity index is 2.25. The van der Waals surface area contributed by atoms with Crippen LogP contribution in [0.4, 0.5) is 0 Å². The van der Waals surface area contributed by atoms with Gasteiger partial charge >= 0.3 is 0 Å². The van der Waals surface area contributed by atoms with E-state index >= 15 is 0 Å². The summed E-state index contributed by atoms with van der Waals surface area (Å²) in [5.74, 6) is 0.786. The molecule has 3 nitrogen and oxygen atoms in total. The highest BCUT2D eigenvalue weighted by Gasteiger charge is 2.21. The smallest absolute Gasteiger partial charge is 0.148 e. The number of rotatable bonds is 6. The van der Waals surface area contributed by atoms with Crippen LogP contribution in [0.5, 0.6) is 5.75 Å². The highest BCUT2D eigenvalue weighted by atomic mass is 79.9. The van der Waals surface area contributed by atoms with Gasteiger partial charge in [-0.25, -0.2) is 0 Å². The van der Waals surface area contributed by atoms with E-state index in [2.05, 4.69) is 15.9 Å². The number of hydrogen-bond donors (Lipinski definition) is 2. The van der Waals surface area contributed by atoms with Crippen LogP contribution in [0.25, 0.3) is 0 Å². The number of halogens is 1. The maximum absolute atomic E-state index is 9.12. The van der Waals surface area contributed by atoms with Gasteiger partial charge in [-0.3, -0.25) is 0 Å². The van der Waals surface area contributed by atoms with Crippen molar-refractivity contribution in [3.63, 3.8) is 0 Å². The van der Waals surface area contributed by atoms with Crippen molar-refractivity contribution in [3.8, 4) is 5.75 Å². The third-order valence-electron chi connectivity index (χ3n) is 2.95. The molecule has 108 valence electrons. The van der Waals surface area contributed by atoms with Gasteiger partial charge in [-0.05, 0) is 47.0 Å². The molecule has 2 aromatic rings. The average molecular weight is 356 g/mol. The minimum Gasteiger partial charge on any atom is -0.483 e. The van der Waals surface area contributed by atoms with E-state index in [0.29, 0.717) is 6.42 Å². The fraction of sp³-hybridized carbons (Fsp3) is 0.333. The van der Waals surface area contributed by atoms with E-state index in [1.807, 2.05) is 42.6 Å². The van der Waals surface area contributed by atoms with E-state index in [9.17, 15) is 0 Å². The molecule has 20 heavy (non-hydrogen) atoms. The molecule has 5 heteroatoms. The number of nitrogens with two attached hydrogens (primary N) is 1. The Kier molecular flexibility index (Phi) is 5.60. The molecular weight excluding hydrogens is 338 g/mol. The molecule has 1 heterocycles. The summed E-state index contributed by atoms with van der Waals surface area (Å²) < 4.78 is 7.15. The van der Waals surface area contributed by atoms with Gasteiger partial charge in [-0.15, -0.1) is 11.3 Å². The number of thiophene rings is 1. The number of para-hydroxylation sites is 1. The lowest BCUT2D eigenvalue weighted by molar-refractivity contribution is 0.181. The summed E-state index contributed by atoms with van der Waals surface area (Å²) in [5.41, 5.74) is 7.06. The predicted molar refractivity (Wildman–Crippen MR) is 86.3 cm³/mol. The van der Waals surface area contributed by atoms with Crippen molar-refractivity contribution < 1.29 is 9.84 Å². The lowest BCUT2D eigenvalue weighted by Crippen LogP contribution is -2.28. The van der Waals surface area contributed by atoms with Gasteiger partial charge in [0, 0.05) is 27.4 Å². The summed E-state index contributed by atoms with van der Waals surface area (Å²) in [6.07, 6.45) is 0.391. The third kappa shape index (κ3) is 3.82. The Morgan fingerprint density at radius 3 is 2.75 bits per heavy atom. The predicted octanol–water partition coefficient (Wildman–Crippen LogP) is 3.51. The number of aliphatic hydroxyl groups excluding tert-OH is 1. The Morgan fingerprint density at radius 1 is 1.40 bits per heavy atom. The van der Waals surface area contributed by atoms with Gasteiger partial charge < -0.3 is 15.6 Å². The Morgan fingerprint density at radius 2 is 2.15 bits per heavy atom. The molecule has 3 N–H and O–H groups in total. The first-order valence-corrected chi connectivity index (χ1v) is 8.14. The molecule has 0 aliphatic rings. The van der Waals surface area contributed by atoms with Crippen LogP contribution in [0.3, 0.4) is 0 Å². The first-order chi connectivity index (χ1) is 9.61. The van der Waals surface area contributed by atoms with Gasteiger partial charge in [-0.2, -0.15) is 0 Å². The van der Waals surface area contributed by atoms with E-state index in [1.165, 1.54) is 0 Å². The number of benzene rings is 1. The van der Waals surface area contributed by atoms with Crippen LogP contribution in [0, 0.1) is 0 Å². The van der Waals surface area contributed by atoms with Crippen LogP contribution in [-0.2, 0) is 6.42 Å². The van der Waals surface area contributed by atoms with E-state index in [-0.39, 0.29) is 18.8 Å². The zero-order chi connectivity index (χ0) is 14.5. The monoisotopic (exact) mass is 355 g/mol. The molecule has 0 saturated carbocycles. The Bertz CT molecular complexity index is 556. The summed E-state index contributed by atoms with van der Waals surface area (Å²) in [5, 5.41) is 11.1. The molecule has 0 fully saturated rings. The molecule has 0 amide bonds. The van der Waals surface area contributed by atoms with Gasteiger partial charge in [0.15, 0.2) is 0 Å². The first kappa shape index (κ1) is 15.5. The topological polar surface area (TPSA) is 55.5 Å². The first-order valence-electron chi connectivity index (χ1n) is 6.46. The summed E-state index contributed by atoms with van der Waals surface area (Å²) in [6.45, 7) is 2.04. The second-order valence-corrected chi connectivity index (χ2v) is 6.50. The molecule has 2 rings (SSSR count). The van der Waals surface area contributed by atoms with Crippen LogP contribution in [-0.4, -0.2) is 17.8 Å². The van der Waals surface area contributed by atoms with Crippen molar-refractivity contribution >= 4 is 27.3 Å². The third-order valence-corrected chi connectivity index (χ3v) is 4.71. The van der Waals surface area contributed by atoms with Crippen molar-refractivity contribution in [1.29, 1.82) is 0 Å². The lowest BCUT2D eigenvalue weighted by Gasteiger charge is -2.23. The second-order valence-electron chi connectivity index (χ2n) is 4.65. The molecule has 1 aromatic carbocycles. The van der Waals surface area contributed by atoms with Crippen molar-refractivity contribution in [1.82, 2.24) is 0 Å². The van der Waals surface area contributed by atoms with Crippen LogP contribution in [0.1, 0.15) is 23.5 Å². The molecular formula is C15H18BrNO2S. The second kappa shape index (κ2) is 7.22. The summed E-state index contributed by atoms with van der Waals surface area (Å²) in [7, 11) is 0.